The van der Waals surface area contributed by atoms with Crippen molar-refractivity contribution in [2.45, 2.75) is 40.2 Å². The molecule has 0 aliphatic rings. The molecule has 0 aromatic heterocycles. The monoisotopic (exact) mass is 347 g/mol. The molecule has 0 heterocycles. The summed E-state index contributed by atoms with van der Waals surface area (Å²) in [6, 6.07) is 5.57. The second-order valence-corrected chi connectivity index (χ2v) is 6.25. The van der Waals surface area contributed by atoms with Crippen LogP contribution in [0.4, 0.5) is 8.78 Å². The summed E-state index contributed by atoms with van der Waals surface area (Å²) in [4.78, 5) is 11.6. The van der Waals surface area contributed by atoms with Gasteiger partial charge in [-0.05, 0) is 68.1 Å². The van der Waals surface area contributed by atoms with Gasteiger partial charge in [-0.3, -0.25) is 4.79 Å². The lowest BCUT2D eigenvalue weighted by Gasteiger charge is -2.17. The van der Waals surface area contributed by atoms with Crippen molar-refractivity contribution >= 4 is 5.97 Å². The summed E-state index contributed by atoms with van der Waals surface area (Å²) in [5, 5.41) is 0. The summed E-state index contributed by atoms with van der Waals surface area (Å²) in [5.41, 5.74) is 9.08. The van der Waals surface area contributed by atoms with E-state index >= 15 is 0 Å². The fraction of sp³-hybridized carbons (Fsp3) is 0.350. The number of nitrogens with two attached hydrogens (primary N) is 1. The van der Waals surface area contributed by atoms with Crippen molar-refractivity contribution in [2.24, 2.45) is 5.73 Å². The van der Waals surface area contributed by atoms with E-state index in [-0.39, 0.29) is 24.4 Å². The zero-order chi connectivity index (χ0) is 18.7. The van der Waals surface area contributed by atoms with E-state index in [2.05, 4.69) is 0 Å². The van der Waals surface area contributed by atoms with E-state index in [1.165, 1.54) is 12.1 Å². The molecule has 0 saturated carbocycles. The van der Waals surface area contributed by atoms with Crippen LogP contribution in [0, 0.1) is 32.4 Å². The molecule has 0 radical (unpaired) electrons. The van der Waals surface area contributed by atoms with Crippen LogP contribution in [0.1, 0.15) is 41.6 Å². The van der Waals surface area contributed by atoms with Gasteiger partial charge in [0.25, 0.3) is 0 Å². The minimum atomic E-state index is -0.855. The lowest BCUT2D eigenvalue weighted by molar-refractivity contribution is -0.143. The van der Waals surface area contributed by atoms with E-state index in [1.54, 1.807) is 19.9 Å². The van der Waals surface area contributed by atoms with Gasteiger partial charge in [0.15, 0.2) is 0 Å². The summed E-state index contributed by atoms with van der Waals surface area (Å²) in [6.45, 7) is 7.15. The minimum Gasteiger partial charge on any atom is -0.466 e. The Labute approximate surface area is 146 Å². The van der Waals surface area contributed by atoms with Crippen LogP contribution >= 0.6 is 0 Å². The maximum atomic E-state index is 14.5. The molecule has 2 aromatic carbocycles. The van der Waals surface area contributed by atoms with Crippen LogP contribution in [0.3, 0.4) is 0 Å². The van der Waals surface area contributed by atoms with Crippen molar-refractivity contribution < 1.29 is 18.3 Å². The molecule has 134 valence electrons. The van der Waals surface area contributed by atoms with Crippen molar-refractivity contribution in [1.82, 2.24) is 0 Å². The van der Waals surface area contributed by atoms with Gasteiger partial charge in [0.05, 0.1) is 13.0 Å². The minimum absolute atomic E-state index is 0.136. The molecular weight excluding hydrogens is 324 g/mol. The van der Waals surface area contributed by atoms with Crippen LogP contribution in [0.15, 0.2) is 24.3 Å². The normalized spacial score (nSPS) is 12.1. The number of rotatable bonds is 5. The lowest BCUT2D eigenvalue weighted by Crippen LogP contribution is -2.19. The highest BCUT2D eigenvalue weighted by molar-refractivity contribution is 5.72. The van der Waals surface area contributed by atoms with Crippen molar-refractivity contribution in [3.8, 4) is 11.1 Å². The van der Waals surface area contributed by atoms with Crippen LogP contribution in [0.2, 0.25) is 0 Å². The number of aryl methyl sites for hydroxylation is 3. The second-order valence-electron chi connectivity index (χ2n) is 6.25. The fourth-order valence-corrected chi connectivity index (χ4v) is 3.00. The molecule has 0 spiro atoms. The standard InChI is InChI=1S/C20H23F2NO2/c1-5-25-18(24)10-17(23)15-9-14(8-13(4)20(15)22)19-12(3)6-11(2)7-16(19)21/h6-9,17H,5,10,23H2,1-4H3/t17-/m0/s1. The second kappa shape index (κ2) is 7.74. The fourth-order valence-electron chi connectivity index (χ4n) is 3.00. The third-order valence-electron chi connectivity index (χ3n) is 4.09. The summed E-state index contributed by atoms with van der Waals surface area (Å²) >= 11 is 0. The van der Waals surface area contributed by atoms with E-state index in [0.717, 1.165) is 11.1 Å². The molecule has 0 fully saturated rings. The Morgan fingerprint density at radius 2 is 1.80 bits per heavy atom. The largest absolute Gasteiger partial charge is 0.466 e. The van der Waals surface area contributed by atoms with Crippen LogP contribution in [-0.2, 0) is 9.53 Å². The molecule has 0 unspecified atom stereocenters. The first-order chi connectivity index (χ1) is 11.7. The highest BCUT2D eigenvalue weighted by Crippen LogP contribution is 2.32. The van der Waals surface area contributed by atoms with E-state index < -0.39 is 17.8 Å². The Bertz CT molecular complexity index is 780. The SMILES string of the molecule is CCOC(=O)C[C@H](N)c1cc(-c2c(C)cc(C)cc2F)cc(C)c1F. The molecular formula is C20H23F2NO2. The van der Waals surface area contributed by atoms with Crippen LogP contribution in [0.5, 0.6) is 0 Å². The Morgan fingerprint density at radius 3 is 2.40 bits per heavy atom. The average molecular weight is 347 g/mol. The number of hydrogen-bond acceptors (Lipinski definition) is 3. The maximum Gasteiger partial charge on any atom is 0.307 e. The van der Waals surface area contributed by atoms with Gasteiger partial charge in [-0.15, -0.1) is 0 Å². The Balaban J connectivity index is 2.50. The third kappa shape index (κ3) is 4.23. The zero-order valence-electron chi connectivity index (χ0n) is 15.0. The first-order valence-corrected chi connectivity index (χ1v) is 8.23. The molecule has 5 heteroatoms. The maximum absolute atomic E-state index is 14.5. The molecule has 2 rings (SSSR count). The van der Waals surface area contributed by atoms with Gasteiger partial charge in [-0.25, -0.2) is 8.78 Å². The molecule has 2 aromatic rings. The summed E-state index contributed by atoms with van der Waals surface area (Å²) in [5.74, 6) is -1.34. The summed E-state index contributed by atoms with van der Waals surface area (Å²) < 4.78 is 33.9. The molecule has 0 aliphatic heterocycles. The van der Waals surface area contributed by atoms with Crippen LogP contribution in [0.25, 0.3) is 11.1 Å². The van der Waals surface area contributed by atoms with Crippen molar-refractivity contribution in [3.05, 3.63) is 58.2 Å². The summed E-state index contributed by atoms with van der Waals surface area (Å²) in [6.07, 6.45) is -0.136. The van der Waals surface area contributed by atoms with Crippen LogP contribution in [-0.4, -0.2) is 12.6 Å². The molecule has 1 atom stereocenters. The van der Waals surface area contributed by atoms with E-state index in [9.17, 15) is 13.6 Å². The number of benzene rings is 2. The highest BCUT2D eigenvalue weighted by atomic mass is 19.1. The zero-order valence-corrected chi connectivity index (χ0v) is 15.0. The number of carbonyl (C=O) groups is 1. The highest BCUT2D eigenvalue weighted by Gasteiger charge is 2.20. The predicted octanol–water partition coefficient (Wildman–Crippen LogP) is 4.51. The van der Waals surface area contributed by atoms with Crippen molar-refractivity contribution in [2.75, 3.05) is 6.61 Å². The number of halogens is 2. The third-order valence-corrected chi connectivity index (χ3v) is 4.09. The van der Waals surface area contributed by atoms with Gasteiger partial charge in [0, 0.05) is 17.2 Å². The quantitative estimate of drug-likeness (QED) is 0.810. The van der Waals surface area contributed by atoms with Crippen molar-refractivity contribution in [1.29, 1.82) is 0 Å². The molecule has 0 aliphatic carbocycles. The molecule has 25 heavy (non-hydrogen) atoms. The predicted molar refractivity (Wildman–Crippen MR) is 94.2 cm³/mol. The smallest absolute Gasteiger partial charge is 0.307 e. The topological polar surface area (TPSA) is 52.3 Å². The van der Waals surface area contributed by atoms with E-state index in [0.29, 0.717) is 16.7 Å². The van der Waals surface area contributed by atoms with Gasteiger partial charge in [-0.1, -0.05) is 6.07 Å². The lowest BCUT2D eigenvalue weighted by atomic mass is 9.92. The number of esters is 1. The number of ether oxygens (including phenoxy) is 1. The molecule has 3 nitrogen and oxygen atoms in total. The van der Waals surface area contributed by atoms with Gasteiger partial charge in [0.2, 0.25) is 0 Å². The van der Waals surface area contributed by atoms with Gasteiger partial charge < -0.3 is 10.5 Å². The first kappa shape index (κ1) is 19.1. The van der Waals surface area contributed by atoms with Crippen LogP contribution < -0.4 is 5.73 Å². The van der Waals surface area contributed by atoms with E-state index in [4.69, 9.17) is 10.5 Å². The van der Waals surface area contributed by atoms with Gasteiger partial charge in [-0.2, -0.15) is 0 Å². The molecule has 0 bridgehead atoms. The van der Waals surface area contributed by atoms with Crippen molar-refractivity contribution in [3.63, 3.8) is 0 Å². The Hall–Kier alpha value is -2.27. The number of carbonyl (C=O) groups excluding carboxylic acids is 1. The average Bonchev–Trinajstić information content (AvgIpc) is 2.49. The number of hydrogen-bond donors (Lipinski definition) is 1. The van der Waals surface area contributed by atoms with Gasteiger partial charge in [0.1, 0.15) is 11.6 Å². The molecule has 0 amide bonds. The van der Waals surface area contributed by atoms with Gasteiger partial charge >= 0.3 is 5.97 Å². The molecule has 0 saturated heterocycles. The first-order valence-electron chi connectivity index (χ1n) is 8.23. The Morgan fingerprint density at radius 1 is 1.12 bits per heavy atom. The Kier molecular flexibility index (Phi) is 5.90. The summed E-state index contributed by atoms with van der Waals surface area (Å²) in [7, 11) is 0. The van der Waals surface area contributed by atoms with E-state index in [1.807, 2.05) is 19.9 Å². The molecule has 2 N–H and O–H groups in total.